The molecule has 0 heteroatoms. The lowest BCUT2D eigenvalue weighted by Crippen LogP contribution is -1.48. The van der Waals surface area contributed by atoms with Crippen molar-refractivity contribution in [1.29, 1.82) is 0 Å². The summed E-state index contributed by atoms with van der Waals surface area (Å²) in [5.41, 5.74) is 0. The second kappa shape index (κ2) is 15.7. The molecule has 0 bridgehead atoms. The first-order chi connectivity index (χ1) is 4.83. The van der Waals surface area contributed by atoms with Crippen molar-refractivity contribution >= 4 is 0 Å². The molecule has 0 aromatic heterocycles. The van der Waals surface area contributed by atoms with Crippen LogP contribution in [-0.2, 0) is 0 Å². The first kappa shape index (κ1) is 12.0. The van der Waals surface area contributed by atoms with Crippen molar-refractivity contribution in [3.8, 4) is 0 Å². The number of allylic oxidation sites excluding steroid dienone is 5. The summed E-state index contributed by atoms with van der Waals surface area (Å²) in [5, 5.41) is 0. The quantitative estimate of drug-likeness (QED) is 0.403. The van der Waals surface area contributed by atoms with Gasteiger partial charge in [0.25, 0.3) is 0 Å². The van der Waals surface area contributed by atoms with Gasteiger partial charge in [0.15, 0.2) is 0 Å². The highest BCUT2D eigenvalue weighted by molar-refractivity contribution is 5.00. The predicted octanol–water partition coefficient (Wildman–Crippen LogP) is 3.72. The van der Waals surface area contributed by atoms with E-state index >= 15 is 0 Å². The Morgan fingerprint density at radius 3 is 2.00 bits per heavy atom. The first-order valence-electron chi connectivity index (χ1n) is 3.68. The molecule has 0 atom stereocenters. The lowest BCUT2D eigenvalue weighted by Gasteiger charge is -1.70. The van der Waals surface area contributed by atoms with Crippen LogP contribution in [0.25, 0.3) is 0 Å². The molecule has 0 amide bonds. The Hall–Kier alpha value is -0.780. The Labute approximate surface area is 65.0 Å². The van der Waals surface area contributed by atoms with Crippen LogP contribution in [0.4, 0.5) is 0 Å². The van der Waals surface area contributed by atoms with E-state index in [4.69, 9.17) is 0 Å². The normalized spacial score (nSPS) is 9.50. The van der Waals surface area contributed by atoms with Gasteiger partial charge >= 0.3 is 0 Å². The SMILES string of the molecule is C=CC.CC=CC=CCC. The van der Waals surface area contributed by atoms with Crippen LogP contribution < -0.4 is 0 Å². The van der Waals surface area contributed by atoms with Gasteiger partial charge in [-0.25, -0.2) is 0 Å². The van der Waals surface area contributed by atoms with E-state index < -0.39 is 0 Å². The Morgan fingerprint density at radius 2 is 1.70 bits per heavy atom. The molecule has 0 fully saturated rings. The Morgan fingerprint density at radius 1 is 1.20 bits per heavy atom. The standard InChI is InChI=1S/C7H12.C3H6/c1-3-5-7-6-4-2;1-3-2/h3,5-7H,4H2,1-2H3;3H,1H2,2H3. The van der Waals surface area contributed by atoms with Crippen LogP contribution in [0.1, 0.15) is 27.2 Å². The molecule has 0 radical (unpaired) electrons. The van der Waals surface area contributed by atoms with E-state index in [-0.39, 0.29) is 0 Å². The number of rotatable bonds is 2. The maximum Gasteiger partial charge on any atom is -0.0376 e. The van der Waals surface area contributed by atoms with Crippen molar-refractivity contribution in [2.75, 3.05) is 0 Å². The molecule has 0 aliphatic rings. The Kier molecular flexibility index (Phi) is 18.8. The van der Waals surface area contributed by atoms with Gasteiger partial charge < -0.3 is 0 Å². The molecule has 0 saturated carbocycles. The van der Waals surface area contributed by atoms with Gasteiger partial charge in [0.1, 0.15) is 0 Å². The van der Waals surface area contributed by atoms with Crippen LogP contribution in [-0.4, -0.2) is 0 Å². The minimum absolute atomic E-state index is 1.13. The second-order valence-corrected chi connectivity index (χ2v) is 1.77. The van der Waals surface area contributed by atoms with E-state index in [9.17, 15) is 0 Å². The summed E-state index contributed by atoms with van der Waals surface area (Å²) in [7, 11) is 0. The molecule has 58 valence electrons. The van der Waals surface area contributed by atoms with E-state index in [1.807, 2.05) is 26.0 Å². The summed E-state index contributed by atoms with van der Waals surface area (Å²) >= 11 is 0. The summed E-state index contributed by atoms with van der Waals surface area (Å²) in [4.78, 5) is 0. The molecule has 0 nitrogen and oxygen atoms in total. The van der Waals surface area contributed by atoms with Crippen LogP contribution in [0.5, 0.6) is 0 Å². The highest BCUT2D eigenvalue weighted by Crippen LogP contribution is 1.79. The van der Waals surface area contributed by atoms with Gasteiger partial charge in [0, 0.05) is 0 Å². The summed E-state index contributed by atoms with van der Waals surface area (Å²) < 4.78 is 0. The molecule has 10 heavy (non-hydrogen) atoms. The average Bonchev–Trinajstić information content (AvgIpc) is 1.91. The highest BCUT2D eigenvalue weighted by Gasteiger charge is 1.57. The van der Waals surface area contributed by atoms with E-state index in [2.05, 4.69) is 25.7 Å². The molecule has 0 unspecified atom stereocenters. The molecular formula is C10H18. The monoisotopic (exact) mass is 138 g/mol. The summed E-state index contributed by atoms with van der Waals surface area (Å²) in [6.45, 7) is 9.39. The van der Waals surface area contributed by atoms with Gasteiger partial charge in [-0.3, -0.25) is 0 Å². The smallest absolute Gasteiger partial charge is 0.0376 e. The van der Waals surface area contributed by atoms with Crippen LogP contribution >= 0.6 is 0 Å². The van der Waals surface area contributed by atoms with Gasteiger partial charge in [-0.1, -0.05) is 37.3 Å². The molecule has 0 rings (SSSR count). The summed E-state index contributed by atoms with van der Waals surface area (Å²) in [6.07, 6.45) is 11.1. The third kappa shape index (κ3) is 26.9. The molecule has 0 saturated heterocycles. The van der Waals surface area contributed by atoms with Crippen molar-refractivity contribution in [3.05, 3.63) is 37.0 Å². The first-order valence-corrected chi connectivity index (χ1v) is 3.68. The minimum Gasteiger partial charge on any atom is -0.103 e. The van der Waals surface area contributed by atoms with Gasteiger partial charge in [-0.15, -0.1) is 6.58 Å². The van der Waals surface area contributed by atoms with Gasteiger partial charge in [-0.2, -0.15) is 0 Å². The van der Waals surface area contributed by atoms with Crippen molar-refractivity contribution in [3.63, 3.8) is 0 Å². The zero-order valence-corrected chi connectivity index (χ0v) is 7.30. The van der Waals surface area contributed by atoms with E-state index in [0.29, 0.717) is 0 Å². The van der Waals surface area contributed by atoms with Gasteiger partial charge in [0.05, 0.1) is 0 Å². The van der Waals surface area contributed by atoms with Crippen molar-refractivity contribution < 1.29 is 0 Å². The van der Waals surface area contributed by atoms with Crippen LogP contribution in [0.2, 0.25) is 0 Å². The van der Waals surface area contributed by atoms with E-state index in [1.165, 1.54) is 0 Å². The molecule has 0 aliphatic carbocycles. The van der Waals surface area contributed by atoms with Crippen LogP contribution in [0, 0.1) is 0 Å². The van der Waals surface area contributed by atoms with E-state index in [1.54, 1.807) is 6.08 Å². The lowest BCUT2D eigenvalue weighted by molar-refractivity contribution is 1.22. The maximum absolute atomic E-state index is 3.36. The molecule has 0 N–H and O–H groups in total. The van der Waals surface area contributed by atoms with Gasteiger partial charge in [-0.05, 0) is 20.3 Å². The third-order valence-electron chi connectivity index (χ3n) is 0.675. The third-order valence-corrected chi connectivity index (χ3v) is 0.675. The second-order valence-electron chi connectivity index (χ2n) is 1.77. The fourth-order valence-electron chi connectivity index (χ4n) is 0.326. The largest absolute Gasteiger partial charge is 0.103 e. The molecule has 0 aromatic carbocycles. The fraction of sp³-hybridized carbons (Fsp3) is 0.400. The highest BCUT2D eigenvalue weighted by atomic mass is 13.6. The van der Waals surface area contributed by atoms with Gasteiger partial charge in [0.2, 0.25) is 0 Å². The molecule has 0 aliphatic heterocycles. The van der Waals surface area contributed by atoms with Crippen LogP contribution in [0.3, 0.4) is 0 Å². The zero-order valence-electron chi connectivity index (χ0n) is 7.30. The Balaban J connectivity index is 0. The maximum atomic E-state index is 3.36. The van der Waals surface area contributed by atoms with Crippen LogP contribution in [0.15, 0.2) is 37.0 Å². The van der Waals surface area contributed by atoms with Crippen molar-refractivity contribution in [1.82, 2.24) is 0 Å². The number of hydrogen-bond acceptors (Lipinski definition) is 0. The Bertz CT molecular complexity index is 96.6. The molecule has 0 spiro atoms. The number of hydrogen-bond donors (Lipinski definition) is 0. The summed E-state index contributed by atoms with van der Waals surface area (Å²) in [6, 6.07) is 0. The lowest BCUT2D eigenvalue weighted by atomic mass is 10.4. The van der Waals surface area contributed by atoms with Crippen molar-refractivity contribution in [2.24, 2.45) is 0 Å². The zero-order chi connectivity index (χ0) is 8.24. The molecule has 0 heterocycles. The molecule has 0 aromatic rings. The van der Waals surface area contributed by atoms with E-state index in [0.717, 1.165) is 6.42 Å². The topological polar surface area (TPSA) is 0 Å². The minimum atomic E-state index is 1.13. The average molecular weight is 138 g/mol. The predicted molar refractivity (Wildman–Crippen MR) is 50.1 cm³/mol. The fourth-order valence-corrected chi connectivity index (χ4v) is 0.326. The summed E-state index contributed by atoms with van der Waals surface area (Å²) in [5.74, 6) is 0. The van der Waals surface area contributed by atoms with Crippen molar-refractivity contribution in [2.45, 2.75) is 27.2 Å². The molecular weight excluding hydrogens is 120 g/mol.